The fraction of sp³-hybridized carbons (Fsp3) is 0.605. The van der Waals surface area contributed by atoms with Crippen molar-refractivity contribution in [1.82, 2.24) is 10.8 Å². The maximum Gasteiger partial charge on any atom is 0.514 e. The number of aliphatic hydroxyl groups is 1. The second kappa shape index (κ2) is 21.1. The van der Waals surface area contributed by atoms with Crippen LogP contribution in [0, 0.1) is 28.6 Å². The molecule has 0 spiro atoms. The number of hydrogen-bond donors (Lipinski definition) is 5. The van der Waals surface area contributed by atoms with Gasteiger partial charge in [0.25, 0.3) is 0 Å². The van der Waals surface area contributed by atoms with Crippen molar-refractivity contribution in [2.24, 2.45) is 28.6 Å². The molecule has 348 valence electrons. The summed E-state index contributed by atoms with van der Waals surface area (Å²) in [5.74, 6) is -3.49. The number of aliphatic hydroxyl groups excluding tert-OH is 1. The van der Waals surface area contributed by atoms with Gasteiger partial charge in [-0.3, -0.25) is 44.9 Å². The molecule has 5 N–H and O–H groups in total. The van der Waals surface area contributed by atoms with Crippen LogP contribution in [0.4, 0.5) is 4.79 Å². The molecule has 20 heteroatoms. The van der Waals surface area contributed by atoms with Gasteiger partial charge in [0.15, 0.2) is 29.5 Å². The Morgan fingerprint density at radius 1 is 0.921 bits per heavy atom. The minimum absolute atomic E-state index is 0.0103. The first-order chi connectivity index (χ1) is 29.8. The highest BCUT2D eigenvalue weighted by Gasteiger charge is 2.76. The maximum absolute atomic E-state index is 14.8. The van der Waals surface area contributed by atoms with E-state index >= 15 is 0 Å². The fourth-order valence-corrected chi connectivity index (χ4v) is 10.8. The molecule has 19 nitrogen and oxygen atoms in total. The first kappa shape index (κ1) is 49.7. The minimum Gasteiger partial charge on any atom is -0.493 e. The molecule has 3 saturated carbocycles. The number of alkyl halides is 1. The molecule has 8 atom stereocenters. The van der Waals surface area contributed by atoms with E-state index in [2.05, 4.69) is 9.68 Å². The number of benzene rings is 1. The molecular formula is C43H57ClN2O17. The van der Waals surface area contributed by atoms with E-state index in [-0.39, 0.29) is 61.8 Å². The molecule has 63 heavy (non-hydrogen) atoms. The van der Waals surface area contributed by atoms with Crippen molar-refractivity contribution in [3.05, 3.63) is 53.6 Å². The molecule has 0 heterocycles. The van der Waals surface area contributed by atoms with Crippen LogP contribution in [0.5, 0.6) is 11.5 Å². The third kappa shape index (κ3) is 10.6. The molecular weight excluding hydrogens is 852 g/mol. The highest BCUT2D eigenvalue weighted by atomic mass is 35.5. The van der Waals surface area contributed by atoms with Crippen LogP contribution in [-0.4, -0.2) is 116 Å². The summed E-state index contributed by atoms with van der Waals surface area (Å²) in [5.41, 5.74) is -2.61. The molecule has 0 aromatic heterocycles. The Kier molecular flexibility index (Phi) is 16.7. The number of carbonyl (C=O) groups excluding carboxylic acids is 5. The van der Waals surface area contributed by atoms with Crippen LogP contribution < -0.4 is 9.47 Å². The van der Waals surface area contributed by atoms with E-state index in [0.29, 0.717) is 56.9 Å². The van der Waals surface area contributed by atoms with Gasteiger partial charge in [-0.05, 0) is 99.1 Å². The number of halogens is 1. The van der Waals surface area contributed by atoms with E-state index < -0.39 is 74.6 Å². The predicted octanol–water partition coefficient (Wildman–Crippen LogP) is 5.87. The van der Waals surface area contributed by atoms with Crippen molar-refractivity contribution in [2.45, 2.75) is 102 Å². The molecule has 1 aromatic carbocycles. The van der Waals surface area contributed by atoms with E-state index in [4.69, 9.17) is 56.1 Å². The number of fused-ring (bicyclic) bond motifs is 5. The van der Waals surface area contributed by atoms with Crippen LogP contribution in [0.1, 0.15) is 90.5 Å². The number of carbonyl (C=O) groups is 5. The molecule has 3 fully saturated rings. The summed E-state index contributed by atoms with van der Waals surface area (Å²) in [6, 6.07) is 4.41. The van der Waals surface area contributed by atoms with Gasteiger partial charge >= 0.3 is 18.1 Å². The van der Waals surface area contributed by atoms with Gasteiger partial charge in [-0.25, -0.2) is 9.59 Å². The molecule has 2 unspecified atom stereocenters. The number of esters is 2. The summed E-state index contributed by atoms with van der Waals surface area (Å²) in [6.45, 7) is 4.73. The monoisotopic (exact) mass is 908 g/mol. The molecule has 5 rings (SSSR count). The zero-order chi connectivity index (χ0) is 46.2. The van der Waals surface area contributed by atoms with Crippen LogP contribution in [0.2, 0.25) is 0 Å². The van der Waals surface area contributed by atoms with Gasteiger partial charge in [-0.15, -0.1) is 11.6 Å². The van der Waals surface area contributed by atoms with Crippen LogP contribution in [0.15, 0.2) is 48.1 Å². The number of ether oxygens (including phenoxy) is 5. The summed E-state index contributed by atoms with van der Waals surface area (Å²) in [5, 5.41) is 46.0. The molecule has 1 aromatic rings. The van der Waals surface area contributed by atoms with Crippen molar-refractivity contribution < 1.29 is 83.3 Å². The predicted molar refractivity (Wildman–Crippen MR) is 217 cm³/mol. The van der Waals surface area contributed by atoms with Crippen LogP contribution in [0.3, 0.4) is 0 Å². The molecule has 0 aliphatic heterocycles. The number of allylic oxidation sites excluding steroid dienone is 4. The SMILES string of the molecule is COc1cc(/C=C/C(=O)OCCCCON(O)O)ccc1OC(=O)OCC(=O)[C@@]1(OC(=O)CCCCCON(O)O)[C@@H](C)CC2C3CCC4=CC(=O)C=C[C@]4(C)[C@@]3(Cl)[C@@H](O)C[C@@]21C. The number of methoxy groups -OCH3 is 1. The largest absolute Gasteiger partial charge is 0.514 e. The molecule has 4 aliphatic rings. The van der Waals surface area contributed by atoms with E-state index in [1.165, 1.54) is 43.5 Å². The van der Waals surface area contributed by atoms with Gasteiger partial charge in [-0.2, -0.15) is 0 Å². The lowest BCUT2D eigenvalue weighted by Crippen LogP contribution is -2.69. The summed E-state index contributed by atoms with van der Waals surface area (Å²) in [6.07, 6.45) is 8.24. The van der Waals surface area contributed by atoms with Gasteiger partial charge in [0.05, 0.1) is 48.7 Å². The molecule has 0 bridgehead atoms. The smallest absolute Gasteiger partial charge is 0.493 e. The highest BCUT2D eigenvalue weighted by molar-refractivity contribution is 6.26. The maximum atomic E-state index is 14.8. The first-order valence-electron chi connectivity index (χ1n) is 20.9. The second-order valence-electron chi connectivity index (χ2n) is 16.8. The fourth-order valence-electron chi connectivity index (χ4n) is 10.3. The van der Waals surface area contributed by atoms with Crippen molar-refractivity contribution in [2.75, 3.05) is 33.5 Å². The number of Topliss-reactive ketones (excluding diaryl/α,β-unsaturated/α-hetero) is 1. The number of nitrogens with zero attached hydrogens (tertiary/aromatic N) is 2. The third-order valence-corrected chi connectivity index (χ3v) is 14.1. The molecule has 0 amide bonds. The van der Waals surface area contributed by atoms with Gasteiger partial charge < -0.3 is 28.8 Å². The van der Waals surface area contributed by atoms with E-state index in [9.17, 15) is 29.1 Å². The summed E-state index contributed by atoms with van der Waals surface area (Å²) >= 11 is 7.63. The van der Waals surface area contributed by atoms with Crippen molar-refractivity contribution in [3.63, 3.8) is 0 Å². The third-order valence-electron chi connectivity index (χ3n) is 13.2. The standard InChI is InChI=1S/C43H57ClN2O17/c1-27-22-32-31-14-13-29-24-30(47)17-18-40(29,2)42(31,44)35(48)25-41(32,3)43(27,63-38(51)10-6-5-7-20-60-45(53)54)36(49)26-59-39(52)62-33-15-11-28(23-34(33)57-4)12-16-37(50)58-19-8-9-21-61-46(55)56/h11-12,15-18,23-24,27,31-32,35,48,53-56H,5-10,13-14,19-22,25-26H2,1-4H3/b16-12+/t27-,31?,32?,35-,40-,41-,42-,43-/m0/s1. The summed E-state index contributed by atoms with van der Waals surface area (Å²) in [4.78, 5) is 74.0. The number of ketones is 2. The zero-order valence-electron chi connectivity index (χ0n) is 35.7. The zero-order valence-corrected chi connectivity index (χ0v) is 36.5. The van der Waals surface area contributed by atoms with E-state index in [1.807, 2.05) is 13.8 Å². The Labute approximate surface area is 369 Å². The van der Waals surface area contributed by atoms with Crippen LogP contribution in [-0.2, 0) is 43.1 Å². The lowest BCUT2D eigenvalue weighted by atomic mass is 9.45. The molecule has 0 radical (unpaired) electrons. The molecule has 0 saturated heterocycles. The van der Waals surface area contributed by atoms with Crippen molar-refractivity contribution in [3.8, 4) is 11.5 Å². The Morgan fingerprint density at radius 3 is 2.29 bits per heavy atom. The quantitative estimate of drug-likeness (QED) is 0.0184. The Hall–Kier alpha value is -4.28. The van der Waals surface area contributed by atoms with E-state index in [1.54, 1.807) is 19.1 Å². The summed E-state index contributed by atoms with van der Waals surface area (Å²) in [7, 11) is 1.33. The Balaban J connectivity index is 1.30. The molecule has 4 aliphatic carbocycles. The second-order valence-corrected chi connectivity index (χ2v) is 17.4. The topological polar surface area (TPSA) is 258 Å². The van der Waals surface area contributed by atoms with Gasteiger partial charge in [0.2, 0.25) is 5.78 Å². The number of unbranched alkanes of at least 4 members (excludes halogenated alkanes) is 3. The van der Waals surface area contributed by atoms with Gasteiger partial charge in [-0.1, -0.05) is 44.9 Å². The number of hydrogen-bond acceptors (Lipinski definition) is 19. The van der Waals surface area contributed by atoms with Crippen LogP contribution in [0.25, 0.3) is 6.08 Å². The van der Waals surface area contributed by atoms with Crippen LogP contribution >= 0.6 is 11.6 Å². The lowest BCUT2D eigenvalue weighted by molar-refractivity contribution is -0.492. The normalized spacial score (nSPS) is 29.8. The van der Waals surface area contributed by atoms with Crippen molar-refractivity contribution >= 4 is 47.3 Å². The van der Waals surface area contributed by atoms with Gasteiger partial charge in [0.1, 0.15) is 0 Å². The lowest BCUT2D eigenvalue weighted by Gasteiger charge is -2.64. The highest BCUT2D eigenvalue weighted by Crippen LogP contribution is 2.72. The van der Waals surface area contributed by atoms with Crippen molar-refractivity contribution in [1.29, 1.82) is 0 Å². The summed E-state index contributed by atoms with van der Waals surface area (Å²) < 4.78 is 27.7. The van der Waals surface area contributed by atoms with Gasteiger partial charge in [0, 0.05) is 29.2 Å². The Morgan fingerprint density at radius 2 is 1.60 bits per heavy atom. The Bertz CT molecular complexity index is 1940. The first-order valence-corrected chi connectivity index (χ1v) is 21.3. The van der Waals surface area contributed by atoms with E-state index in [0.717, 1.165) is 5.57 Å². The minimum atomic E-state index is -1.87. The average Bonchev–Trinajstić information content (AvgIpc) is 3.44. The number of rotatable bonds is 21. The average molecular weight is 909 g/mol.